The number of sulfonamides is 1. The molecule has 0 aliphatic heterocycles. The molecule has 0 spiro atoms. The highest BCUT2D eigenvalue weighted by molar-refractivity contribution is 14.1. The van der Waals surface area contributed by atoms with Gasteiger partial charge in [-0.15, -0.1) is 0 Å². The van der Waals surface area contributed by atoms with Gasteiger partial charge in [0.15, 0.2) is 0 Å². The van der Waals surface area contributed by atoms with Crippen LogP contribution in [0.25, 0.3) is 0 Å². The van der Waals surface area contributed by atoms with Crippen molar-refractivity contribution in [2.75, 3.05) is 23.6 Å². The number of unbranched alkanes of at least 4 members (excludes halogenated alkanes) is 1. The van der Waals surface area contributed by atoms with Crippen molar-refractivity contribution in [3.05, 3.63) is 26.8 Å². The van der Waals surface area contributed by atoms with Crippen LogP contribution in [-0.2, 0) is 10.0 Å². The molecule has 0 heterocycles. The second-order valence-corrected chi connectivity index (χ2v) is 8.00. The second-order valence-electron chi connectivity index (χ2n) is 4.50. The predicted octanol–water partition coefficient (Wildman–Crippen LogP) is 3.47. The van der Waals surface area contributed by atoms with Gasteiger partial charge < -0.3 is 5.32 Å². The van der Waals surface area contributed by atoms with E-state index in [1.807, 2.05) is 6.07 Å². The van der Waals surface area contributed by atoms with Gasteiger partial charge in [0, 0.05) is 3.57 Å². The number of nitrogens with one attached hydrogen (secondary N) is 2. The van der Waals surface area contributed by atoms with Gasteiger partial charge in [-0.2, -0.15) is 0 Å². The van der Waals surface area contributed by atoms with Gasteiger partial charge in [-0.1, -0.05) is 18.5 Å². The molecule has 0 saturated heterocycles. The molecular weight excluding hydrogens is 411 g/mol. The Labute approximate surface area is 139 Å². The molecule has 0 bridgehead atoms. The Balaban J connectivity index is 2.41. The van der Waals surface area contributed by atoms with Gasteiger partial charge in [-0.3, -0.25) is 4.72 Å². The maximum absolute atomic E-state index is 11.9. The van der Waals surface area contributed by atoms with Crippen LogP contribution >= 0.6 is 34.2 Å². The smallest absolute Gasteiger partial charge is 0.232 e. The van der Waals surface area contributed by atoms with E-state index in [-0.39, 0.29) is 5.75 Å². The monoisotopic (exact) mass is 430 g/mol. The van der Waals surface area contributed by atoms with Crippen molar-refractivity contribution < 1.29 is 8.42 Å². The third-order valence-electron chi connectivity index (χ3n) is 2.64. The Hall–Kier alpha value is -0.0500. The summed E-state index contributed by atoms with van der Waals surface area (Å²) in [7, 11) is -3.33. The van der Waals surface area contributed by atoms with Crippen LogP contribution in [-0.4, -0.2) is 27.3 Å². The molecule has 4 nitrogen and oxygen atoms in total. The summed E-state index contributed by atoms with van der Waals surface area (Å²) in [5.74, 6) is 0.114. The van der Waals surface area contributed by atoms with E-state index < -0.39 is 10.0 Å². The van der Waals surface area contributed by atoms with E-state index in [2.05, 4.69) is 39.6 Å². The number of hydrogen-bond donors (Lipinski definition) is 2. The fourth-order valence-electron chi connectivity index (χ4n) is 1.63. The number of rotatable bonds is 9. The highest BCUT2D eigenvalue weighted by Gasteiger charge is 2.12. The zero-order valence-electron chi connectivity index (χ0n) is 11.5. The molecule has 0 aliphatic rings. The third kappa shape index (κ3) is 7.10. The van der Waals surface area contributed by atoms with Crippen molar-refractivity contribution >= 4 is 49.9 Å². The SMILES string of the molecule is CCCNCCCCS(=O)(=O)Nc1ccc(I)cc1Cl. The molecule has 0 unspecified atom stereocenters. The van der Waals surface area contributed by atoms with Crippen LogP contribution in [0.4, 0.5) is 5.69 Å². The van der Waals surface area contributed by atoms with Gasteiger partial charge in [0.25, 0.3) is 0 Å². The largest absolute Gasteiger partial charge is 0.317 e. The van der Waals surface area contributed by atoms with E-state index in [1.165, 1.54) is 0 Å². The summed E-state index contributed by atoms with van der Waals surface area (Å²) in [5.41, 5.74) is 0.441. The molecule has 0 atom stereocenters. The first-order valence-electron chi connectivity index (χ1n) is 6.61. The second kappa shape index (κ2) is 9.07. The topological polar surface area (TPSA) is 58.2 Å². The van der Waals surface area contributed by atoms with Crippen LogP contribution in [0.1, 0.15) is 26.2 Å². The standard InChI is InChI=1S/C13H20ClIN2O2S/c1-2-7-16-8-3-4-9-20(18,19)17-13-6-5-11(15)10-12(13)14/h5-6,10,16-17H,2-4,7-9H2,1H3. The van der Waals surface area contributed by atoms with Crippen LogP contribution in [0.3, 0.4) is 0 Å². The quantitative estimate of drug-likeness (QED) is 0.466. The van der Waals surface area contributed by atoms with Gasteiger partial charge in [-0.05, 0) is 73.1 Å². The molecule has 0 saturated carbocycles. The van der Waals surface area contributed by atoms with Crippen LogP contribution in [0, 0.1) is 3.57 Å². The van der Waals surface area contributed by atoms with Crippen LogP contribution in [0.5, 0.6) is 0 Å². The molecule has 1 aromatic rings. The highest BCUT2D eigenvalue weighted by atomic mass is 127. The third-order valence-corrected chi connectivity index (χ3v) is 4.98. The molecule has 0 aromatic heterocycles. The van der Waals surface area contributed by atoms with Gasteiger partial charge in [0.2, 0.25) is 10.0 Å². The Bertz CT molecular complexity index is 523. The molecule has 20 heavy (non-hydrogen) atoms. The minimum absolute atomic E-state index is 0.114. The average Bonchev–Trinajstić information content (AvgIpc) is 2.37. The van der Waals surface area contributed by atoms with E-state index in [0.717, 1.165) is 29.5 Å². The van der Waals surface area contributed by atoms with E-state index in [4.69, 9.17) is 11.6 Å². The molecule has 0 amide bonds. The first kappa shape index (κ1) is 18.0. The normalized spacial score (nSPS) is 11.6. The predicted molar refractivity (Wildman–Crippen MR) is 94.0 cm³/mol. The lowest BCUT2D eigenvalue weighted by Crippen LogP contribution is -2.20. The van der Waals surface area contributed by atoms with Gasteiger partial charge >= 0.3 is 0 Å². The van der Waals surface area contributed by atoms with Crippen molar-refractivity contribution in [2.45, 2.75) is 26.2 Å². The number of halogens is 2. The lowest BCUT2D eigenvalue weighted by Gasteiger charge is -2.10. The van der Waals surface area contributed by atoms with Gasteiger partial charge in [-0.25, -0.2) is 8.42 Å². The van der Waals surface area contributed by atoms with Crippen LogP contribution < -0.4 is 10.0 Å². The molecule has 2 N–H and O–H groups in total. The summed E-state index contributed by atoms with van der Waals surface area (Å²) in [5, 5.41) is 3.67. The number of benzene rings is 1. The van der Waals surface area contributed by atoms with E-state index in [9.17, 15) is 8.42 Å². The minimum Gasteiger partial charge on any atom is -0.317 e. The Kier molecular flexibility index (Phi) is 8.16. The maximum atomic E-state index is 11.9. The van der Waals surface area contributed by atoms with Crippen LogP contribution in [0.15, 0.2) is 18.2 Å². The Morgan fingerprint density at radius 1 is 1.25 bits per heavy atom. The molecule has 1 aromatic carbocycles. The van der Waals surface area contributed by atoms with Crippen LogP contribution in [0.2, 0.25) is 5.02 Å². The van der Waals surface area contributed by atoms with E-state index in [1.54, 1.807) is 12.1 Å². The highest BCUT2D eigenvalue weighted by Crippen LogP contribution is 2.24. The average molecular weight is 431 g/mol. The molecule has 1 rings (SSSR count). The molecule has 0 fully saturated rings. The van der Waals surface area contributed by atoms with E-state index >= 15 is 0 Å². The maximum Gasteiger partial charge on any atom is 0.232 e. The van der Waals surface area contributed by atoms with Crippen molar-refractivity contribution in [1.29, 1.82) is 0 Å². The summed E-state index contributed by atoms with van der Waals surface area (Å²) < 4.78 is 27.4. The lowest BCUT2D eigenvalue weighted by atomic mass is 10.3. The fourth-order valence-corrected chi connectivity index (χ4v) is 3.79. The molecule has 0 radical (unpaired) electrons. The first-order valence-corrected chi connectivity index (χ1v) is 9.72. The number of anilines is 1. The summed E-state index contributed by atoms with van der Waals surface area (Å²) >= 11 is 8.14. The van der Waals surface area contributed by atoms with Crippen molar-refractivity contribution in [1.82, 2.24) is 5.32 Å². The number of hydrogen-bond acceptors (Lipinski definition) is 3. The van der Waals surface area contributed by atoms with Gasteiger partial charge in [0.05, 0.1) is 16.5 Å². The van der Waals surface area contributed by atoms with Crippen molar-refractivity contribution in [3.63, 3.8) is 0 Å². The van der Waals surface area contributed by atoms with Crippen molar-refractivity contribution in [2.24, 2.45) is 0 Å². The Morgan fingerprint density at radius 3 is 2.65 bits per heavy atom. The summed E-state index contributed by atoms with van der Waals surface area (Å²) in [6.45, 7) is 3.93. The minimum atomic E-state index is -3.33. The summed E-state index contributed by atoms with van der Waals surface area (Å²) in [6.07, 6.45) is 2.57. The molecule has 114 valence electrons. The Morgan fingerprint density at radius 2 is 2.00 bits per heavy atom. The molecular formula is C13H20ClIN2O2S. The summed E-state index contributed by atoms with van der Waals surface area (Å²) in [4.78, 5) is 0. The fraction of sp³-hybridized carbons (Fsp3) is 0.538. The zero-order valence-corrected chi connectivity index (χ0v) is 15.2. The molecule has 7 heteroatoms. The zero-order chi connectivity index (χ0) is 15.0. The molecule has 0 aliphatic carbocycles. The van der Waals surface area contributed by atoms with Gasteiger partial charge in [0.1, 0.15) is 0 Å². The lowest BCUT2D eigenvalue weighted by molar-refractivity contribution is 0.590. The van der Waals surface area contributed by atoms with Crippen molar-refractivity contribution in [3.8, 4) is 0 Å². The van der Waals surface area contributed by atoms with E-state index in [0.29, 0.717) is 17.1 Å². The summed E-state index contributed by atoms with van der Waals surface area (Å²) in [6, 6.07) is 5.23. The first-order chi connectivity index (χ1) is 9.44.